The molecule has 0 N–H and O–H groups in total. The molecule has 0 heterocycles. The van der Waals surface area contributed by atoms with E-state index in [0.717, 1.165) is 24.8 Å². The summed E-state index contributed by atoms with van der Waals surface area (Å²) in [7, 11) is 0. The molecule has 0 amide bonds. The van der Waals surface area contributed by atoms with Crippen LogP contribution >= 0.6 is 0 Å². The zero-order chi connectivity index (χ0) is 14.4. The normalized spacial score (nSPS) is 16.9. The average molecular weight is 272 g/mol. The summed E-state index contributed by atoms with van der Waals surface area (Å²) in [5, 5.41) is 0. The van der Waals surface area contributed by atoms with Crippen molar-refractivity contribution in [2.45, 2.75) is 71.6 Å². The van der Waals surface area contributed by atoms with Gasteiger partial charge in [-0.05, 0) is 36.0 Å². The molecule has 0 spiro atoms. The number of carbonyl (C=O) groups is 1. The second-order valence-corrected chi connectivity index (χ2v) is 6.18. The summed E-state index contributed by atoms with van der Waals surface area (Å²) in [5.74, 6) is 0.982. The first-order valence-electron chi connectivity index (χ1n) is 8.39. The zero-order valence-electron chi connectivity index (χ0n) is 13.1. The van der Waals surface area contributed by atoms with Crippen LogP contribution in [0.1, 0.15) is 80.3 Å². The Morgan fingerprint density at radius 1 is 1.00 bits per heavy atom. The summed E-state index contributed by atoms with van der Waals surface area (Å²) in [5.41, 5.74) is 3.67. The molecule has 20 heavy (non-hydrogen) atoms. The fourth-order valence-electron chi connectivity index (χ4n) is 3.42. The van der Waals surface area contributed by atoms with Crippen LogP contribution < -0.4 is 0 Å². The number of Topliss-reactive ketones (excluding diaryl/α,β-unsaturated/α-hetero) is 1. The molecule has 1 nitrogen and oxygen atoms in total. The van der Waals surface area contributed by atoms with Crippen molar-refractivity contribution < 1.29 is 4.79 Å². The fourth-order valence-corrected chi connectivity index (χ4v) is 3.42. The molecule has 1 aromatic carbocycles. The van der Waals surface area contributed by atoms with Crippen molar-refractivity contribution in [3.8, 4) is 0 Å². The summed E-state index contributed by atoms with van der Waals surface area (Å²) in [4.78, 5) is 12.5. The molecular formula is C19H28O. The molecule has 110 valence electrons. The van der Waals surface area contributed by atoms with Crippen LogP contribution in [0.15, 0.2) is 18.2 Å². The van der Waals surface area contributed by atoms with E-state index in [9.17, 15) is 4.79 Å². The number of hydrogen-bond acceptors (Lipinski definition) is 1. The van der Waals surface area contributed by atoms with Gasteiger partial charge in [-0.2, -0.15) is 0 Å². The van der Waals surface area contributed by atoms with Crippen LogP contribution in [0, 0.1) is 5.92 Å². The lowest BCUT2D eigenvalue weighted by molar-refractivity contribution is 0.0957. The van der Waals surface area contributed by atoms with Crippen molar-refractivity contribution in [3.63, 3.8) is 0 Å². The van der Waals surface area contributed by atoms with Gasteiger partial charge in [0.2, 0.25) is 0 Å². The summed E-state index contributed by atoms with van der Waals surface area (Å²) in [6, 6.07) is 6.33. The standard InChI is InChI=1S/C19H28O/c1-3-16-11-12-18(14-17(16)4-2)19(20)13-15-9-7-5-6-8-10-15/h11-12,14-15H,3-10,13H2,1-2H3. The first kappa shape index (κ1) is 15.3. The Bertz CT molecular complexity index is 439. The predicted molar refractivity (Wildman–Crippen MR) is 85.3 cm³/mol. The molecule has 1 aliphatic rings. The Morgan fingerprint density at radius 3 is 2.25 bits per heavy atom. The number of benzene rings is 1. The van der Waals surface area contributed by atoms with Crippen molar-refractivity contribution in [3.05, 3.63) is 34.9 Å². The number of carbonyl (C=O) groups excluding carboxylic acids is 1. The molecule has 1 aromatic rings. The Labute approximate surface area is 123 Å². The maximum absolute atomic E-state index is 12.5. The Hall–Kier alpha value is -1.11. The van der Waals surface area contributed by atoms with Gasteiger partial charge in [0, 0.05) is 12.0 Å². The van der Waals surface area contributed by atoms with E-state index < -0.39 is 0 Å². The van der Waals surface area contributed by atoms with E-state index in [4.69, 9.17) is 0 Å². The van der Waals surface area contributed by atoms with Crippen molar-refractivity contribution in [2.75, 3.05) is 0 Å². The Kier molecular flexibility index (Phi) is 5.82. The Morgan fingerprint density at radius 2 is 1.65 bits per heavy atom. The summed E-state index contributed by atoms with van der Waals surface area (Å²) in [6.07, 6.45) is 10.7. The number of rotatable bonds is 5. The minimum atomic E-state index is 0.356. The van der Waals surface area contributed by atoms with E-state index in [1.807, 2.05) is 6.07 Å². The third-order valence-corrected chi connectivity index (χ3v) is 4.74. The second-order valence-electron chi connectivity index (χ2n) is 6.18. The van der Waals surface area contributed by atoms with E-state index >= 15 is 0 Å². The van der Waals surface area contributed by atoms with Gasteiger partial charge in [0.15, 0.2) is 5.78 Å². The van der Waals surface area contributed by atoms with Crippen LogP contribution in [0.3, 0.4) is 0 Å². The van der Waals surface area contributed by atoms with Crippen LogP contribution in [0.4, 0.5) is 0 Å². The van der Waals surface area contributed by atoms with Crippen LogP contribution in [0.2, 0.25) is 0 Å². The van der Waals surface area contributed by atoms with Crippen molar-refractivity contribution >= 4 is 5.78 Å². The molecule has 1 fully saturated rings. The van der Waals surface area contributed by atoms with Gasteiger partial charge in [-0.3, -0.25) is 4.79 Å². The molecule has 0 unspecified atom stereocenters. The molecule has 0 bridgehead atoms. The molecule has 0 radical (unpaired) electrons. The van der Waals surface area contributed by atoms with E-state index in [1.54, 1.807) is 0 Å². The minimum Gasteiger partial charge on any atom is -0.294 e. The van der Waals surface area contributed by atoms with Gasteiger partial charge in [-0.1, -0.05) is 64.5 Å². The maximum Gasteiger partial charge on any atom is 0.163 e. The first-order chi connectivity index (χ1) is 9.74. The SMILES string of the molecule is CCc1ccc(C(=O)CC2CCCCCC2)cc1CC. The summed E-state index contributed by atoms with van der Waals surface area (Å²) in [6.45, 7) is 4.36. The molecule has 1 aliphatic carbocycles. The zero-order valence-corrected chi connectivity index (χ0v) is 13.1. The highest BCUT2D eigenvalue weighted by Crippen LogP contribution is 2.27. The van der Waals surface area contributed by atoms with Crippen LogP contribution in [-0.2, 0) is 12.8 Å². The highest BCUT2D eigenvalue weighted by Gasteiger charge is 2.17. The fraction of sp³-hybridized carbons (Fsp3) is 0.632. The van der Waals surface area contributed by atoms with E-state index in [2.05, 4.69) is 26.0 Å². The first-order valence-corrected chi connectivity index (χ1v) is 8.39. The predicted octanol–water partition coefficient (Wildman–Crippen LogP) is 5.35. The third-order valence-electron chi connectivity index (χ3n) is 4.74. The quantitative estimate of drug-likeness (QED) is 0.521. The van der Waals surface area contributed by atoms with Gasteiger partial charge in [-0.25, -0.2) is 0 Å². The number of aryl methyl sites for hydroxylation is 2. The molecule has 2 rings (SSSR count). The molecular weight excluding hydrogens is 244 g/mol. The van der Waals surface area contributed by atoms with Gasteiger partial charge in [0.25, 0.3) is 0 Å². The molecule has 0 saturated heterocycles. The van der Waals surface area contributed by atoms with Gasteiger partial charge < -0.3 is 0 Å². The monoisotopic (exact) mass is 272 g/mol. The van der Waals surface area contributed by atoms with Gasteiger partial charge in [-0.15, -0.1) is 0 Å². The smallest absolute Gasteiger partial charge is 0.163 e. The largest absolute Gasteiger partial charge is 0.294 e. The van der Waals surface area contributed by atoms with Crippen LogP contribution in [0.5, 0.6) is 0 Å². The van der Waals surface area contributed by atoms with E-state index in [-0.39, 0.29) is 0 Å². The third kappa shape index (κ3) is 3.94. The molecule has 0 aliphatic heterocycles. The number of ketones is 1. The maximum atomic E-state index is 12.5. The van der Waals surface area contributed by atoms with Gasteiger partial charge >= 0.3 is 0 Å². The Balaban J connectivity index is 2.04. The topological polar surface area (TPSA) is 17.1 Å². The van der Waals surface area contributed by atoms with Crippen molar-refractivity contribution in [1.82, 2.24) is 0 Å². The summed E-state index contributed by atoms with van der Waals surface area (Å²) >= 11 is 0. The lowest BCUT2D eigenvalue weighted by atomic mass is 9.90. The summed E-state index contributed by atoms with van der Waals surface area (Å²) < 4.78 is 0. The van der Waals surface area contributed by atoms with Crippen LogP contribution in [-0.4, -0.2) is 5.78 Å². The van der Waals surface area contributed by atoms with Gasteiger partial charge in [0.1, 0.15) is 0 Å². The minimum absolute atomic E-state index is 0.356. The van der Waals surface area contributed by atoms with Crippen molar-refractivity contribution in [2.24, 2.45) is 5.92 Å². The van der Waals surface area contributed by atoms with E-state index in [0.29, 0.717) is 11.7 Å². The lowest BCUT2D eigenvalue weighted by Crippen LogP contribution is -2.09. The van der Waals surface area contributed by atoms with E-state index in [1.165, 1.54) is 49.7 Å². The molecule has 1 saturated carbocycles. The van der Waals surface area contributed by atoms with Crippen LogP contribution in [0.25, 0.3) is 0 Å². The van der Waals surface area contributed by atoms with Crippen molar-refractivity contribution in [1.29, 1.82) is 0 Å². The second kappa shape index (κ2) is 7.61. The molecule has 1 heteroatoms. The lowest BCUT2D eigenvalue weighted by Gasteiger charge is -2.14. The number of hydrogen-bond donors (Lipinski definition) is 0. The highest BCUT2D eigenvalue weighted by atomic mass is 16.1. The molecule has 0 atom stereocenters. The average Bonchev–Trinajstić information content (AvgIpc) is 2.75. The highest BCUT2D eigenvalue weighted by molar-refractivity contribution is 5.96. The molecule has 0 aromatic heterocycles. The van der Waals surface area contributed by atoms with Gasteiger partial charge in [0.05, 0.1) is 0 Å².